The monoisotopic (exact) mass is 478 g/mol. The number of aryl methyl sites for hydroxylation is 1. The van der Waals surface area contributed by atoms with Gasteiger partial charge in [-0.15, -0.1) is 0 Å². The first-order valence-corrected chi connectivity index (χ1v) is 11.8. The first kappa shape index (κ1) is 22.5. The van der Waals surface area contributed by atoms with Crippen molar-refractivity contribution in [3.05, 3.63) is 107 Å². The van der Waals surface area contributed by atoms with Crippen molar-refractivity contribution in [2.45, 2.75) is 11.8 Å². The summed E-state index contributed by atoms with van der Waals surface area (Å²) in [5.74, 6) is -0.264. The van der Waals surface area contributed by atoms with Crippen molar-refractivity contribution in [1.29, 1.82) is 0 Å². The van der Waals surface area contributed by atoms with Crippen LogP contribution in [0.2, 0.25) is 5.02 Å². The quantitative estimate of drug-likeness (QED) is 0.175. The minimum absolute atomic E-state index is 0.0214. The summed E-state index contributed by atoms with van der Waals surface area (Å²) in [4.78, 5) is 14.9. The molecule has 4 aromatic rings. The largest absolute Gasteiger partial charge is 0.422 e. The van der Waals surface area contributed by atoms with Gasteiger partial charge in [-0.1, -0.05) is 59.6 Å². The molecule has 1 N–H and O–H groups in total. The molecule has 0 saturated carbocycles. The van der Waals surface area contributed by atoms with Gasteiger partial charge in [-0.2, -0.15) is 13.5 Å². The van der Waals surface area contributed by atoms with Crippen LogP contribution in [0.5, 0.6) is 5.75 Å². The molecule has 0 atom stereocenters. The maximum absolute atomic E-state index is 12.7. The van der Waals surface area contributed by atoms with Crippen LogP contribution in [0.25, 0.3) is 10.8 Å². The number of carbonyl (C=O) groups excluding carboxylic acids is 1. The number of carbonyl (C=O) groups is 1. The summed E-state index contributed by atoms with van der Waals surface area (Å²) in [5, 5.41) is 5.99. The first-order chi connectivity index (χ1) is 15.8. The fourth-order valence-corrected chi connectivity index (χ4v) is 4.17. The molecule has 33 heavy (non-hydrogen) atoms. The number of halogens is 1. The number of nitrogens with zero attached hydrogens (tertiary/aromatic N) is 1. The second-order valence-corrected chi connectivity index (χ2v) is 9.36. The highest BCUT2D eigenvalue weighted by Crippen LogP contribution is 2.27. The Balaban J connectivity index is 1.66. The van der Waals surface area contributed by atoms with E-state index in [1.807, 2.05) is 43.3 Å². The molecule has 0 heterocycles. The predicted octanol–water partition coefficient (Wildman–Crippen LogP) is 5.33. The maximum Gasteiger partial charge on any atom is 0.343 e. The molecule has 0 amide bonds. The zero-order valence-corrected chi connectivity index (χ0v) is 19.1. The number of ether oxygens (including phenoxy) is 1. The lowest BCUT2D eigenvalue weighted by molar-refractivity contribution is 0.0734. The number of hydrogen-bond acceptors (Lipinski definition) is 5. The van der Waals surface area contributed by atoms with E-state index in [-0.39, 0.29) is 10.6 Å². The Kier molecular flexibility index (Phi) is 6.44. The molecule has 0 radical (unpaired) electrons. The van der Waals surface area contributed by atoms with E-state index in [0.717, 1.165) is 16.3 Å². The Hall–Kier alpha value is -3.68. The molecule has 0 spiro atoms. The third-order valence-corrected chi connectivity index (χ3v) is 6.37. The van der Waals surface area contributed by atoms with Crippen molar-refractivity contribution in [3.63, 3.8) is 0 Å². The summed E-state index contributed by atoms with van der Waals surface area (Å²) in [6.07, 6.45) is 1.33. The number of fused-ring (bicyclic) bond motifs is 1. The average molecular weight is 479 g/mol. The van der Waals surface area contributed by atoms with Crippen molar-refractivity contribution >= 4 is 44.6 Å². The van der Waals surface area contributed by atoms with Crippen molar-refractivity contribution in [2.24, 2.45) is 5.10 Å². The Morgan fingerprint density at radius 1 is 0.970 bits per heavy atom. The molecule has 6 nitrogen and oxygen atoms in total. The molecule has 0 unspecified atom stereocenters. The van der Waals surface area contributed by atoms with Crippen LogP contribution in [0.4, 0.5) is 0 Å². The SMILES string of the molecule is Cc1cccc(C(=O)Oc2ccc3ccccc3c2/C=N\NS(=O)(=O)c2ccc(Cl)cc2)c1. The summed E-state index contributed by atoms with van der Waals surface area (Å²) < 4.78 is 30.7. The summed E-state index contributed by atoms with van der Waals surface area (Å²) >= 11 is 5.83. The van der Waals surface area contributed by atoms with Gasteiger partial charge in [-0.25, -0.2) is 9.63 Å². The number of hydrogen-bond donors (Lipinski definition) is 1. The molecule has 8 heteroatoms. The number of sulfonamides is 1. The number of esters is 1. The first-order valence-electron chi connectivity index (χ1n) is 9.94. The van der Waals surface area contributed by atoms with Crippen LogP contribution >= 0.6 is 11.6 Å². The molecule has 0 bridgehead atoms. The summed E-state index contributed by atoms with van der Waals surface area (Å²) in [5.41, 5.74) is 1.81. The van der Waals surface area contributed by atoms with Crippen LogP contribution in [-0.4, -0.2) is 20.6 Å². The maximum atomic E-state index is 12.7. The van der Waals surface area contributed by atoms with Gasteiger partial charge in [-0.3, -0.25) is 0 Å². The zero-order chi connectivity index (χ0) is 23.4. The molecule has 0 aliphatic rings. The van der Waals surface area contributed by atoms with Crippen LogP contribution in [0.1, 0.15) is 21.5 Å². The standard InChI is InChI=1S/C25H19ClN2O4S/c1-17-5-4-7-19(15-17)25(29)32-24-14-9-18-6-2-3-8-22(18)23(24)16-27-28-33(30,31)21-12-10-20(26)11-13-21/h2-16,28H,1H3/b27-16-. The minimum atomic E-state index is -3.90. The third-order valence-electron chi connectivity index (χ3n) is 4.88. The lowest BCUT2D eigenvalue weighted by Gasteiger charge is -2.11. The van der Waals surface area contributed by atoms with Crippen molar-refractivity contribution in [2.75, 3.05) is 0 Å². The Bertz CT molecular complexity index is 1470. The normalized spacial score (nSPS) is 11.6. The van der Waals surface area contributed by atoms with Gasteiger partial charge in [0.2, 0.25) is 0 Å². The topological polar surface area (TPSA) is 84.8 Å². The van der Waals surface area contributed by atoms with Gasteiger partial charge in [0.05, 0.1) is 16.7 Å². The molecule has 0 fully saturated rings. The molecule has 4 rings (SSSR count). The van der Waals surface area contributed by atoms with Gasteiger partial charge >= 0.3 is 5.97 Å². The highest BCUT2D eigenvalue weighted by molar-refractivity contribution is 7.89. The molecular formula is C25H19ClN2O4S. The fourth-order valence-electron chi connectivity index (χ4n) is 3.26. The Morgan fingerprint density at radius 3 is 2.48 bits per heavy atom. The molecule has 0 aromatic heterocycles. The second-order valence-electron chi connectivity index (χ2n) is 7.26. The molecule has 4 aromatic carbocycles. The zero-order valence-electron chi connectivity index (χ0n) is 17.5. The minimum Gasteiger partial charge on any atom is -0.422 e. The summed E-state index contributed by atoms with van der Waals surface area (Å²) in [6, 6.07) is 23.7. The van der Waals surface area contributed by atoms with Crippen molar-refractivity contribution in [1.82, 2.24) is 4.83 Å². The van der Waals surface area contributed by atoms with Gasteiger partial charge in [0, 0.05) is 10.6 Å². The van der Waals surface area contributed by atoms with E-state index in [1.165, 1.54) is 30.5 Å². The van der Waals surface area contributed by atoms with Gasteiger partial charge in [0.25, 0.3) is 10.0 Å². The van der Waals surface area contributed by atoms with Gasteiger partial charge in [0.1, 0.15) is 5.75 Å². The van der Waals surface area contributed by atoms with Gasteiger partial charge < -0.3 is 4.74 Å². The van der Waals surface area contributed by atoms with Crippen LogP contribution in [0.15, 0.2) is 94.9 Å². The van der Waals surface area contributed by atoms with Crippen molar-refractivity contribution < 1.29 is 17.9 Å². The van der Waals surface area contributed by atoms with Crippen LogP contribution in [0, 0.1) is 6.92 Å². The van der Waals surface area contributed by atoms with E-state index in [9.17, 15) is 13.2 Å². The Morgan fingerprint density at radius 2 is 1.73 bits per heavy atom. The predicted molar refractivity (Wildman–Crippen MR) is 129 cm³/mol. The molecule has 0 aliphatic heterocycles. The fraction of sp³-hybridized carbons (Fsp3) is 0.0400. The third kappa shape index (κ3) is 5.22. The van der Waals surface area contributed by atoms with E-state index < -0.39 is 16.0 Å². The highest BCUT2D eigenvalue weighted by atomic mass is 35.5. The van der Waals surface area contributed by atoms with E-state index in [1.54, 1.807) is 24.3 Å². The number of hydrazone groups is 1. The number of nitrogens with one attached hydrogen (secondary N) is 1. The van der Waals surface area contributed by atoms with E-state index in [0.29, 0.717) is 16.1 Å². The lowest BCUT2D eigenvalue weighted by atomic mass is 10.0. The summed E-state index contributed by atoms with van der Waals surface area (Å²) in [7, 11) is -3.90. The van der Waals surface area contributed by atoms with Crippen LogP contribution in [0.3, 0.4) is 0 Å². The van der Waals surface area contributed by atoms with Gasteiger partial charge in [-0.05, 0) is 60.2 Å². The van der Waals surface area contributed by atoms with E-state index in [4.69, 9.17) is 16.3 Å². The summed E-state index contributed by atoms with van der Waals surface area (Å²) in [6.45, 7) is 1.89. The lowest BCUT2D eigenvalue weighted by Crippen LogP contribution is -2.18. The van der Waals surface area contributed by atoms with E-state index in [2.05, 4.69) is 9.93 Å². The smallest absolute Gasteiger partial charge is 0.343 e. The van der Waals surface area contributed by atoms with Gasteiger partial charge in [0.15, 0.2) is 0 Å². The average Bonchev–Trinajstić information content (AvgIpc) is 2.80. The van der Waals surface area contributed by atoms with Crippen LogP contribution < -0.4 is 9.57 Å². The molecule has 0 saturated heterocycles. The number of rotatable bonds is 6. The van der Waals surface area contributed by atoms with Crippen molar-refractivity contribution in [3.8, 4) is 5.75 Å². The Labute approximate surface area is 196 Å². The van der Waals surface area contributed by atoms with E-state index >= 15 is 0 Å². The number of benzene rings is 4. The molecular weight excluding hydrogens is 460 g/mol. The highest BCUT2D eigenvalue weighted by Gasteiger charge is 2.15. The van der Waals surface area contributed by atoms with Crippen LogP contribution in [-0.2, 0) is 10.0 Å². The molecule has 166 valence electrons. The molecule has 0 aliphatic carbocycles. The second kappa shape index (κ2) is 9.44.